The lowest BCUT2D eigenvalue weighted by Gasteiger charge is -2.07. The summed E-state index contributed by atoms with van der Waals surface area (Å²) >= 11 is 0. The normalized spacial score (nSPS) is 13.9. The third-order valence-electron chi connectivity index (χ3n) is 4.09. The summed E-state index contributed by atoms with van der Waals surface area (Å²) in [7, 11) is 1.56. The zero-order valence-corrected chi connectivity index (χ0v) is 12.1. The predicted octanol–water partition coefficient (Wildman–Crippen LogP) is -0.295. The summed E-state index contributed by atoms with van der Waals surface area (Å²) < 4.78 is 5.17. The van der Waals surface area contributed by atoms with Gasteiger partial charge in [-0.2, -0.15) is 0 Å². The number of methoxy groups -OCH3 is 1. The fourth-order valence-corrected chi connectivity index (χ4v) is 2.99. The lowest BCUT2D eigenvalue weighted by Crippen LogP contribution is -2.34. The van der Waals surface area contributed by atoms with E-state index in [9.17, 15) is 14.9 Å². The molecule has 2 aliphatic carbocycles. The van der Waals surface area contributed by atoms with Gasteiger partial charge in [-0.05, 0) is 30.2 Å². The first-order chi connectivity index (χ1) is 11.1. The standard InChI is InChI=1S/C16H11N3O4/c1-23-10-4-8-5-12-11-3-2-9(19(21)22)6-13(11)16(20)18-15(12)14(8)17-7-10/h2,4-7H,3H2,1H3,(H,18,20). The molecule has 23 heavy (non-hydrogen) atoms. The molecule has 4 rings (SSSR count). The first kappa shape index (κ1) is 13.4. The maximum atomic E-state index is 12.3. The molecule has 7 heteroatoms. The van der Waals surface area contributed by atoms with E-state index in [1.807, 2.05) is 12.1 Å². The molecule has 114 valence electrons. The average Bonchev–Trinajstić information content (AvgIpc) is 2.92. The van der Waals surface area contributed by atoms with Crippen molar-refractivity contribution in [3.05, 3.63) is 76.8 Å². The van der Waals surface area contributed by atoms with Gasteiger partial charge in [0.25, 0.3) is 11.3 Å². The van der Waals surface area contributed by atoms with Crippen molar-refractivity contribution in [2.75, 3.05) is 7.11 Å². The smallest absolute Gasteiger partial charge is 0.266 e. The minimum Gasteiger partial charge on any atom is -0.495 e. The van der Waals surface area contributed by atoms with Crippen molar-refractivity contribution in [1.82, 2.24) is 9.97 Å². The molecule has 2 aromatic rings. The summed E-state index contributed by atoms with van der Waals surface area (Å²) in [5, 5.41) is 13.5. The van der Waals surface area contributed by atoms with E-state index in [-0.39, 0.29) is 11.3 Å². The number of H-pyrrole nitrogens is 1. The van der Waals surface area contributed by atoms with E-state index < -0.39 is 4.92 Å². The number of allylic oxidation sites excluding steroid dienone is 2. The molecule has 2 heterocycles. The number of aromatic nitrogens is 2. The van der Waals surface area contributed by atoms with Gasteiger partial charge in [0.15, 0.2) is 0 Å². The molecule has 0 aliphatic heterocycles. The number of ether oxygens (including phenoxy) is 1. The van der Waals surface area contributed by atoms with Crippen LogP contribution in [0.5, 0.6) is 5.75 Å². The summed E-state index contributed by atoms with van der Waals surface area (Å²) in [4.78, 5) is 29.9. The van der Waals surface area contributed by atoms with Crippen molar-refractivity contribution in [3.63, 3.8) is 0 Å². The van der Waals surface area contributed by atoms with Gasteiger partial charge in [0.05, 0.1) is 34.1 Å². The average molecular weight is 309 g/mol. The summed E-state index contributed by atoms with van der Waals surface area (Å²) in [5.41, 5.74) is 1.24. The first-order valence-electron chi connectivity index (χ1n) is 6.96. The highest BCUT2D eigenvalue weighted by Crippen LogP contribution is 2.16. The number of aromatic amines is 1. The molecule has 2 aliphatic rings. The zero-order chi connectivity index (χ0) is 16.1. The number of fused-ring (bicyclic) bond motifs is 4. The Bertz CT molecular complexity index is 1180. The molecule has 1 N–H and O–H groups in total. The van der Waals surface area contributed by atoms with Gasteiger partial charge in [-0.3, -0.25) is 19.9 Å². The molecule has 0 saturated carbocycles. The summed E-state index contributed by atoms with van der Waals surface area (Å²) in [5.74, 6) is 0.631. The highest BCUT2D eigenvalue weighted by molar-refractivity contribution is 5.61. The summed E-state index contributed by atoms with van der Waals surface area (Å²) in [6, 6.07) is 1.85. The van der Waals surface area contributed by atoms with Crippen LogP contribution in [-0.4, -0.2) is 22.0 Å². The molecule has 0 bridgehead atoms. The molecule has 7 nitrogen and oxygen atoms in total. The molecule has 0 unspecified atom stereocenters. The van der Waals surface area contributed by atoms with E-state index in [1.54, 1.807) is 13.3 Å². The number of nitrogens with zero attached hydrogens (tertiary/aromatic N) is 2. The van der Waals surface area contributed by atoms with Gasteiger partial charge in [-0.15, -0.1) is 0 Å². The minimum absolute atomic E-state index is 0.0572. The Hall–Kier alpha value is -3.22. The van der Waals surface area contributed by atoms with Crippen LogP contribution in [0.25, 0.3) is 12.2 Å². The van der Waals surface area contributed by atoms with E-state index in [0.717, 1.165) is 16.3 Å². The maximum Gasteiger partial charge on any atom is 0.266 e. The van der Waals surface area contributed by atoms with Gasteiger partial charge in [0, 0.05) is 16.9 Å². The fourth-order valence-electron chi connectivity index (χ4n) is 2.99. The Morgan fingerprint density at radius 3 is 2.96 bits per heavy atom. The van der Waals surface area contributed by atoms with Gasteiger partial charge in [-0.25, -0.2) is 0 Å². The molecule has 0 amide bonds. The number of rotatable bonds is 2. The second-order valence-corrected chi connectivity index (χ2v) is 5.33. The molecular formula is C16H11N3O4. The molecule has 0 spiro atoms. The molecule has 0 atom stereocenters. The molecule has 0 radical (unpaired) electrons. The number of nitro groups is 1. The van der Waals surface area contributed by atoms with Crippen molar-refractivity contribution in [1.29, 1.82) is 0 Å². The Labute approximate surface area is 128 Å². The lowest BCUT2D eigenvalue weighted by molar-refractivity contribution is -0.416. The van der Waals surface area contributed by atoms with Crippen LogP contribution in [0.2, 0.25) is 0 Å². The van der Waals surface area contributed by atoms with Crippen LogP contribution in [0.15, 0.2) is 28.8 Å². The van der Waals surface area contributed by atoms with Gasteiger partial charge in [-0.1, -0.05) is 0 Å². The van der Waals surface area contributed by atoms with Crippen LogP contribution in [-0.2, 0) is 6.42 Å². The molecule has 2 aromatic heterocycles. The minimum atomic E-state index is -0.486. The van der Waals surface area contributed by atoms with Gasteiger partial charge in [0.2, 0.25) is 0 Å². The fraction of sp³-hybridized carbons (Fsp3) is 0.125. The predicted molar refractivity (Wildman–Crippen MR) is 81.6 cm³/mol. The van der Waals surface area contributed by atoms with Crippen LogP contribution in [0, 0.1) is 20.8 Å². The van der Waals surface area contributed by atoms with Crippen LogP contribution >= 0.6 is 0 Å². The van der Waals surface area contributed by atoms with Crippen LogP contribution in [0.3, 0.4) is 0 Å². The summed E-state index contributed by atoms with van der Waals surface area (Å²) in [6.45, 7) is 0. The van der Waals surface area contributed by atoms with Crippen LogP contribution in [0.4, 0.5) is 0 Å². The summed E-state index contributed by atoms with van der Waals surface area (Å²) in [6.07, 6.45) is 6.70. The number of hydrogen-bond donors (Lipinski definition) is 1. The number of hydrogen-bond acceptors (Lipinski definition) is 5. The Morgan fingerprint density at radius 2 is 2.22 bits per heavy atom. The van der Waals surface area contributed by atoms with Gasteiger partial charge < -0.3 is 9.72 Å². The molecule has 0 fully saturated rings. The van der Waals surface area contributed by atoms with Crippen LogP contribution in [0.1, 0.15) is 11.1 Å². The van der Waals surface area contributed by atoms with Crippen molar-refractivity contribution < 1.29 is 9.66 Å². The SMILES string of the molecule is COc1cnc2c(c1)=Cc1c3c(c(=O)[nH]c1=2)=CC([N+](=O)[O-])=CC3. The van der Waals surface area contributed by atoms with E-state index >= 15 is 0 Å². The first-order valence-corrected chi connectivity index (χ1v) is 6.96. The monoisotopic (exact) mass is 309 g/mol. The van der Waals surface area contributed by atoms with Crippen molar-refractivity contribution in [3.8, 4) is 5.75 Å². The molecule has 0 aromatic carbocycles. The van der Waals surface area contributed by atoms with Crippen molar-refractivity contribution >= 4 is 12.2 Å². The highest BCUT2D eigenvalue weighted by atomic mass is 16.6. The van der Waals surface area contributed by atoms with Crippen molar-refractivity contribution in [2.45, 2.75) is 6.42 Å². The van der Waals surface area contributed by atoms with E-state index in [4.69, 9.17) is 4.74 Å². The van der Waals surface area contributed by atoms with Crippen LogP contribution < -0.4 is 20.7 Å². The van der Waals surface area contributed by atoms with Gasteiger partial charge in [0.1, 0.15) is 5.75 Å². The number of nitrogens with one attached hydrogen (secondary N) is 1. The molecule has 0 saturated heterocycles. The van der Waals surface area contributed by atoms with E-state index in [2.05, 4.69) is 9.97 Å². The quantitative estimate of drug-likeness (QED) is 0.518. The number of pyridine rings is 2. The Morgan fingerprint density at radius 1 is 1.39 bits per heavy atom. The van der Waals surface area contributed by atoms with E-state index in [0.29, 0.717) is 28.1 Å². The van der Waals surface area contributed by atoms with Crippen molar-refractivity contribution in [2.24, 2.45) is 0 Å². The lowest BCUT2D eigenvalue weighted by atomic mass is 9.99. The maximum absolute atomic E-state index is 12.3. The Kier molecular flexibility index (Phi) is 2.71. The second-order valence-electron chi connectivity index (χ2n) is 5.33. The van der Waals surface area contributed by atoms with Gasteiger partial charge >= 0.3 is 0 Å². The third kappa shape index (κ3) is 1.90. The third-order valence-corrected chi connectivity index (χ3v) is 4.09. The Balaban J connectivity index is 2.09. The van der Waals surface area contributed by atoms with E-state index in [1.165, 1.54) is 12.2 Å². The molecular weight excluding hydrogens is 298 g/mol. The second kappa shape index (κ2) is 4.64. The topological polar surface area (TPSA) is 98.1 Å². The largest absolute Gasteiger partial charge is 0.495 e. The zero-order valence-electron chi connectivity index (χ0n) is 12.1. The highest BCUT2D eigenvalue weighted by Gasteiger charge is 2.19.